The van der Waals surface area contributed by atoms with Crippen molar-refractivity contribution in [2.45, 2.75) is 20.0 Å². The standard InChI is InChI=1S/C16H23ClFN3OS/c1-11(2)9-21-5-6-22-13(10-21)8-19-16(23)20-12-3-4-15(18)14(17)7-12/h3-4,7,11,13H,5-6,8-10H2,1-2H3,(H2,19,20,23)/p+1/t13-/m1/s1. The van der Waals surface area contributed by atoms with Crippen LogP contribution in [0.25, 0.3) is 0 Å². The Bertz CT molecular complexity index is 544. The summed E-state index contributed by atoms with van der Waals surface area (Å²) in [6.07, 6.45) is 0.147. The lowest BCUT2D eigenvalue weighted by Gasteiger charge is -2.31. The maximum Gasteiger partial charge on any atom is 0.170 e. The molecule has 1 aliphatic heterocycles. The molecule has 7 heteroatoms. The molecule has 1 aromatic carbocycles. The molecular formula is C16H24ClFN3OS+. The number of hydrogen-bond donors (Lipinski definition) is 3. The van der Waals surface area contributed by atoms with Crippen molar-refractivity contribution < 1.29 is 14.0 Å². The van der Waals surface area contributed by atoms with Gasteiger partial charge in [-0.05, 0) is 30.4 Å². The summed E-state index contributed by atoms with van der Waals surface area (Å²) < 4.78 is 18.9. The summed E-state index contributed by atoms with van der Waals surface area (Å²) in [7, 11) is 0. The Labute approximate surface area is 147 Å². The van der Waals surface area contributed by atoms with Crippen molar-refractivity contribution in [3.8, 4) is 0 Å². The van der Waals surface area contributed by atoms with Gasteiger partial charge in [0.2, 0.25) is 0 Å². The van der Waals surface area contributed by atoms with E-state index in [4.69, 9.17) is 28.6 Å². The average molecular weight is 361 g/mol. The Morgan fingerprint density at radius 1 is 1.52 bits per heavy atom. The SMILES string of the molecule is CC(C)C[NH+]1CCO[C@H](CNC(=S)Nc2ccc(F)c(Cl)c2)C1. The van der Waals surface area contributed by atoms with Crippen LogP contribution in [0.5, 0.6) is 0 Å². The van der Waals surface area contributed by atoms with Crippen LogP contribution < -0.4 is 15.5 Å². The minimum absolute atomic E-state index is 0.0707. The number of nitrogens with one attached hydrogen (secondary N) is 3. The second-order valence-corrected chi connectivity index (χ2v) is 7.07. The van der Waals surface area contributed by atoms with Crippen LogP contribution in [-0.4, -0.2) is 44.0 Å². The van der Waals surface area contributed by atoms with Crippen molar-refractivity contribution in [3.63, 3.8) is 0 Å². The lowest BCUT2D eigenvalue weighted by Crippen LogP contribution is -3.15. The van der Waals surface area contributed by atoms with E-state index in [2.05, 4.69) is 24.5 Å². The van der Waals surface area contributed by atoms with Crippen LogP contribution in [0.2, 0.25) is 5.02 Å². The second-order valence-electron chi connectivity index (χ2n) is 6.26. The highest BCUT2D eigenvalue weighted by Gasteiger charge is 2.24. The van der Waals surface area contributed by atoms with Gasteiger partial charge in [0.15, 0.2) is 5.11 Å². The number of anilines is 1. The largest absolute Gasteiger partial charge is 0.365 e. The summed E-state index contributed by atoms with van der Waals surface area (Å²) >= 11 is 11.0. The van der Waals surface area contributed by atoms with Gasteiger partial charge >= 0.3 is 0 Å². The fourth-order valence-corrected chi connectivity index (χ4v) is 3.08. The molecule has 1 unspecified atom stereocenters. The molecule has 1 saturated heterocycles. The summed E-state index contributed by atoms with van der Waals surface area (Å²) in [4.78, 5) is 1.57. The smallest absolute Gasteiger partial charge is 0.170 e. The third-order valence-corrected chi connectivity index (χ3v) is 4.23. The lowest BCUT2D eigenvalue weighted by molar-refractivity contribution is -0.914. The molecule has 0 aliphatic carbocycles. The van der Waals surface area contributed by atoms with E-state index < -0.39 is 5.82 Å². The summed E-state index contributed by atoms with van der Waals surface area (Å²) in [5.41, 5.74) is 0.658. The van der Waals surface area contributed by atoms with Crippen LogP contribution in [0.1, 0.15) is 13.8 Å². The van der Waals surface area contributed by atoms with Crippen LogP contribution in [0.15, 0.2) is 18.2 Å². The fraction of sp³-hybridized carbons (Fsp3) is 0.562. The molecule has 0 spiro atoms. The Balaban J connectivity index is 1.76. The molecule has 0 bridgehead atoms. The van der Waals surface area contributed by atoms with Crippen molar-refractivity contribution in [2.75, 3.05) is 38.1 Å². The predicted octanol–water partition coefficient (Wildman–Crippen LogP) is 1.71. The topological polar surface area (TPSA) is 37.7 Å². The van der Waals surface area contributed by atoms with E-state index in [-0.39, 0.29) is 11.1 Å². The van der Waals surface area contributed by atoms with Gasteiger partial charge in [-0.2, -0.15) is 0 Å². The number of halogens is 2. The van der Waals surface area contributed by atoms with E-state index >= 15 is 0 Å². The summed E-state index contributed by atoms with van der Waals surface area (Å²) in [6, 6.07) is 4.42. The molecule has 1 heterocycles. The molecule has 1 fully saturated rings. The first-order valence-electron chi connectivity index (χ1n) is 7.89. The number of benzene rings is 1. The second kappa shape index (κ2) is 8.78. The zero-order valence-electron chi connectivity index (χ0n) is 13.5. The molecule has 0 amide bonds. The van der Waals surface area contributed by atoms with Crippen molar-refractivity contribution in [1.29, 1.82) is 0 Å². The molecule has 2 rings (SSSR count). The van der Waals surface area contributed by atoms with Crippen LogP contribution in [0.3, 0.4) is 0 Å². The van der Waals surface area contributed by atoms with Gasteiger partial charge in [-0.1, -0.05) is 25.4 Å². The van der Waals surface area contributed by atoms with Crippen LogP contribution in [-0.2, 0) is 4.74 Å². The zero-order chi connectivity index (χ0) is 16.8. The molecule has 0 saturated carbocycles. The number of quaternary nitrogens is 1. The molecule has 3 N–H and O–H groups in total. The van der Waals surface area contributed by atoms with E-state index in [1.165, 1.54) is 12.1 Å². The predicted molar refractivity (Wildman–Crippen MR) is 95.8 cm³/mol. The first-order valence-corrected chi connectivity index (χ1v) is 8.67. The van der Waals surface area contributed by atoms with Crippen LogP contribution in [0, 0.1) is 11.7 Å². The van der Waals surface area contributed by atoms with Gasteiger partial charge in [0, 0.05) is 18.2 Å². The van der Waals surface area contributed by atoms with E-state index in [1.807, 2.05) is 0 Å². The first kappa shape index (κ1) is 18.4. The van der Waals surface area contributed by atoms with Crippen molar-refractivity contribution >= 4 is 34.6 Å². The zero-order valence-corrected chi connectivity index (χ0v) is 15.1. The van der Waals surface area contributed by atoms with Crippen molar-refractivity contribution in [2.24, 2.45) is 5.92 Å². The molecule has 4 nitrogen and oxygen atoms in total. The Morgan fingerprint density at radius 3 is 3.00 bits per heavy atom. The normalized spacial score (nSPS) is 21.3. The quantitative estimate of drug-likeness (QED) is 0.699. The van der Waals surface area contributed by atoms with Gasteiger partial charge in [0.05, 0.1) is 18.2 Å². The van der Waals surface area contributed by atoms with Gasteiger partial charge in [0.25, 0.3) is 0 Å². The van der Waals surface area contributed by atoms with Crippen molar-refractivity contribution in [3.05, 3.63) is 29.0 Å². The van der Waals surface area contributed by atoms with Gasteiger partial charge in [-0.3, -0.25) is 0 Å². The lowest BCUT2D eigenvalue weighted by atomic mass is 10.2. The highest BCUT2D eigenvalue weighted by Crippen LogP contribution is 2.19. The summed E-state index contributed by atoms with van der Waals surface area (Å²) in [5, 5.41) is 6.70. The summed E-state index contributed by atoms with van der Waals surface area (Å²) in [6.45, 7) is 9.12. The van der Waals surface area contributed by atoms with Gasteiger partial charge in [0.1, 0.15) is 25.0 Å². The first-order chi connectivity index (χ1) is 10.9. The molecular weight excluding hydrogens is 337 g/mol. The number of ether oxygens (including phenoxy) is 1. The van der Waals surface area contributed by atoms with E-state index in [0.717, 1.165) is 26.2 Å². The maximum atomic E-state index is 13.1. The molecule has 0 aromatic heterocycles. The van der Waals surface area contributed by atoms with Gasteiger partial charge < -0.3 is 20.3 Å². The fourth-order valence-electron chi connectivity index (χ4n) is 2.70. The third kappa shape index (κ3) is 6.22. The molecule has 0 radical (unpaired) electrons. The van der Waals surface area contributed by atoms with Crippen LogP contribution in [0.4, 0.5) is 10.1 Å². The van der Waals surface area contributed by atoms with Crippen LogP contribution >= 0.6 is 23.8 Å². The molecule has 1 aromatic rings. The number of thiocarbonyl (C=S) groups is 1. The highest BCUT2D eigenvalue weighted by molar-refractivity contribution is 7.80. The maximum absolute atomic E-state index is 13.1. The average Bonchev–Trinajstić information content (AvgIpc) is 2.49. The van der Waals surface area contributed by atoms with E-state index in [9.17, 15) is 4.39 Å². The number of morpholine rings is 1. The third-order valence-electron chi connectivity index (χ3n) is 3.69. The van der Waals surface area contributed by atoms with Gasteiger partial charge in [-0.15, -0.1) is 0 Å². The molecule has 2 atom stereocenters. The van der Waals surface area contributed by atoms with E-state index in [0.29, 0.717) is 23.3 Å². The molecule has 1 aliphatic rings. The van der Waals surface area contributed by atoms with Gasteiger partial charge in [-0.25, -0.2) is 4.39 Å². The monoisotopic (exact) mass is 360 g/mol. The Hall–Kier alpha value is -0.950. The number of hydrogen-bond acceptors (Lipinski definition) is 2. The molecule has 128 valence electrons. The minimum Gasteiger partial charge on any atom is -0.365 e. The Kier molecular flexibility index (Phi) is 7.02. The minimum atomic E-state index is -0.445. The van der Waals surface area contributed by atoms with Crippen molar-refractivity contribution in [1.82, 2.24) is 5.32 Å². The Morgan fingerprint density at radius 2 is 2.30 bits per heavy atom. The van der Waals surface area contributed by atoms with E-state index in [1.54, 1.807) is 11.0 Å². The number of rotatable bonds is 5. The summed E-state index contributed by atoms with van der Waals surface area (Å²) in [5.74, 6) is 0.239. The highest BCUT2D eigenvalue weighted by atomic mass is 35.5. The molecule has 23 heavy (non-hydrogen) atoms.